The maximum atomic E-state index is 11.7. The third-order valence-corrected chi connectivity index (χ3v) is 2.64. The monoisotopic (exact) mass is 258 g/mol. The minimum atomic E-state index is -1.62. The quantitative estimate of drug-likeness (QED) is 0.647. The summed E-state index contributed by atoms with van der Waals surface area (Å²) in [5.74, 6) is -0.561. The van der Waals surface area contributed by atoms with Gasteiger partial charge in [-0.1, -0.05) is 48.5 Å². The van der Waals surface area contributed by atoms with Crippen LogP contribution in [0.5, 0.6) is 5.75 Å². The van der Waals surface area contributed by atoms with Crippen molar-refractivity contribution in [2.45, 2.75) is 12.2 Å². The van der Waals surface area contributed by atoms with E-state index in [0.29, 0.717) is 11.3 Å². The molecule has 0 unspecified atom stereocenters. The molecule has 0 radical (unpaired) electrons. The smallest absolute Gasteiger partial charge is 0.343 e. The van der Waals surface area contributed by atoms with Crippen LogP contribution in [0.25, 0.3) is 0 Å². The van der Waals surface area contributed by atoms with Crippen LogP contribution in [0, 0.1) is 0 Å². The molecular formula is C15H14O4. The Hall–Kier alpha value is -2.17. The number of hydrogen-bond acceptors (Lipinski definition) is 4. The summed E-state index contributed by atoms with van der Waals surface area (Å²) >= 11 is 0. The van der Waals surface area contributed by atoms with Gasteiger partial charge in [0.05, 0.1) is 0 Å². The maximum Gasteiger partial charge on any atom is 0.343 e. The first-order valence-corrected chi connectivity index (χ1v) is 5.86. The van der Waals surface area contributed by atoms with Crippen molar-refractivity contribution >= 4 is 5.97 Å². The Morgan fingerprint density at radius 1 is 0.895 bits per heavy atom. The van der Waals surface area contributed by atoms with Crippen LogP contribution in [-0.2, 0) is 4.79 Å². The van der Waals surface area contributed by atoms with E-state index >= 15 is 0 Å². The highest BCUT2D eigenvalue weighted by Gasteiger charge is 2.27. The molecule has 19 heavy (non-hydrogen) atoms. The van der Waals surface area contributed by atoms with Gasteiger partial charge in [0.15, 0.2) is 6.10 Å². The molecular weight excluding hydrogens is 244 g/mol. The first kappa shape index (κ1) is 13.3. The number of carbonyl (C=O) groups is 1. The Morgan fingerprint density at radius 3 is 2.00 bits per heavy atom. The highest BCUT2D eigenvalue weighted by atomic mass is 16.6. The van der Waals surface area contributed by atoms with Crippen molar-refractivity contribution in [2.75, 3.05) is 0 Å². The van der Waals surface area contributed by atoms with Crippen molar-refractivity contribution in [3.05, 3.63) is 66.2 Å². The Labute approximate surface area is 110 Å². The lowest BCUT2D eigenvalue weighted by atomic mass is 10.0. The molecule has 2 atom stereocenters. The van der Waals surface area contributed by atoms with Gasteiger partial charge in [0.1, 0.15) is 11.9 Å². The van der Waals surface area contributed by atoms with Crippen LogP contribution >= 0.6 is 0 Å². The molecule has 0 aliphatic carbocycles. The van der Waals surface area contributed by atoms with E-state index in [1.165, 1.54) is 0 Å². The summed E-state index contributed by atoms with van der Waals surface area (Å²) in [5.41, 5.74) is 0.458. The molecule has 2 aromatic rings. The molecule has 0 aliphatic heterocycles. The minimum absolute atomic E-state index is 0.326. The van der Waals surface area contributed by atoms with E-state index < -0.39 is 18.2 Å². The highest BCUT2D eigenvalue weighted by molar-refractivity contribution is 5.77. The Balaban J connectivity index is 2.03. The second-order valence-electron chi connectivity index (χ2n) is 4.03. The van der Waals surface area contributed by atoms with Crippen LogP contribution in [0.1, 0.15) is 11.7 Å². The highest BCUT2D eigenvalue weighted by Crippen LogP contribution is 2.18. The molecule has 2 N–H and O–H groups in total. The summed E-state index contributed by atoms with van der Waals surface area (Å²) in [7, 11) is 0. The largest absolute Gasteiger partial charge is 0.425 e. The van der Waals surface area contributed by atoms with Crippen LogP contribution < -0.4 is 4.74 Å². The van der Waals surface area contributed by atoms with Gasteiger partial charge in [0.25, 0.3) is 0 Å². The van der Waals surface area contributed by atoms with E-state index in [4.69, 9.17) is 4.74 Å². The lowest BCUT2D eigenvalue weighted by Gasteiger charge is -2.16. The van der Waals surface area contributed by atoms with Gasteiger partial charge in [-0.25, -0.2) is 4.79 Å². The lowest BCUT2D eigenvalue weighted by molar-refractivity contribution is -0.150. The van der Waals surface area contributed by atoms with Crippen LogP contribution in [0.4, 0.5) is 0 Å². The Morgan fingerprint density at radius 2 is 1.42 bits per heavy atom. The van der Waals surface area contributed by atoms with Gasteiger partial charge in [0.2, 0.25) is 0 Å². The van der Waals surface area contributed by atoms with E-state index in [1.807, 2.05) is 0 Å². The van der Waals surface area contributed by atoms with Gasteiger partial charge in [-0.3, -0.25) is 0 Å². The molecule has 0 bridgehead atoms. The van der Waals surface area contributed by atoms with Crippen molar-refractivity contribution in [1.82, 2.24) is 0 Å². The van der Waals surface area contributed by atoms with Crippen LogP contribution in [0.3, 0.4) is 0 Å². The summed E-state index contributed by atoms with van der Waals surface area (Å²) in [4.78, 5) is 11.7. The maximum absolute atomic E-state index is 11.7. The van der Waals surface area contributed by atoms with E-state index in [0.717, 1.165) is 0 Å². The summed E-state index contributed by atoms with van der Waals surface area (Å²) < 4.78 is 4.97. The zero-order valence-corrected chi connectivity index (χ0v) is 10.1. The molecule has 0 spiro atoms. The van der Waals surface area contributed by atoms with Gasteiger partial charge in [-0.2, -0.15) is 0 Å². The van der Waals surface area contributed by atoms with Crippen molar-refractivity contribution in [3.63, 3.8) is 0 Å². The molecule has 0 aliphatic rings. The number of aliphatic hydroxyl groups excluding tert-OH is 2. The summed E-state index contributed by atoms with van der Waals surface area (Å²) in [6.07, 6.45) is -2.93. The number of aliphatic hydroxyl groups is 2. The molecule has 98 valence electrons. The Kier molecular flexibility index (Phi) is 4.28. The zero-order valence-electron chi connectivity index (χ0n) is 10.1. The van der Waals surface area contributed by atoms with Crippen LogP contribution in [0.2, 0.25) is 0 Å². The normalized spacial score (nSPS) is 13.6. The van der Waals surface area contributed by atoms with Gasteiger partial charge in [0, 0.05) is 0 Å². The Bertz CT molecular complexity index is 524. The molecule has 4 heteroatoms. The summed E-state index contributed by atoms with van der Waals surface area (Å²) in [6, 6.07) is 16.9. The number of rotatable bonds is 4. The van der Waals surface area contributed by atoms with Gasteiger partial charge in [-0.15, -0.1) is 0 Å². The zero-order chi connectivity index (χ0) is 13.7. The van der Waals surface area contributed by atoms with Crippen molar-refractivity contribution in [1.29, 1.82) is 0 Å². The first-order valence-electron chi connectivity index (χ1n) is 5.86. The molecule has 2 aromatic carbocycles. The van der Waals surface area contributed by atoms with E-state index in [1.54, 1.807) is 60.7 Å². The fraction of sp³-hybridized carbons (Fsp3) is 0.133. The predicted octanol–water partition coefficient (Wildman–Crippen LogP) is 1.69. The standard InChI is InChI=1S/C15H14O4/c16-13(11-7-3-1-4-8-11)14(17)15(18)19-12-9-5-2-6-10-12/h1-10,13-14,16-17H/t13-,14+/m1/s1. The average molecular weight is 258 g/mol. The minimum Gasteiger partial charge on any atom is -0.425 e. The predicted molar refractivity (Wildman–Crippen MR) is 69.5 cm³/mol. The number of ether oxygens (including phenoxy) is 1. The molecule has 0 heterocycles. The number of para-hydroxylation sites is 1. The molecule has 4 nitrogen and oxygen atoms in total. The number of esters is 1. The molecule has 0 amide bonds. The van der Waals surface area contributed by atoms with E-state index in [-0.39, 0.29) is 0 Å². The molecule has 0 aromatic heterocycles. The fourth-order valence-corrected chi connectivity index (χ4v) is 1.63. The summed E-state index contributed by atoms with van der Waals surface area (Å²) in [5, 5.41) is 19.7. The molecule has 0 fully saturated rings. The van der Waals surface area contributed by atoms with Crippen molar-refractivity contribution in [3.8, 4) is 5.75 Å². The van der Waals surface area contributed by atoms with Gasteiger partial charge < -0.3 is 14.9 Å². The molecule has 0 saturated carbocycles. The van der Waals surface area contributed by atoms with E-state index in [2.05, 4.69) is 0 Å². The molecule has 2 rings (SSSR count). The van der Waals surface area contributed by atoms with Crippen molar-refractivity contribution in [2.24, 2.45) is 0 Å². The number of hydrogen-bond donors (Lipinski definition) is 2. The lowest BCUT2D eigenvalue weighted by Crippen LogP contribution is -2.31. The topological polar surface area (TPSA) is 66.8 Å². The molecule has 0 saturated heterocycles. The first-order chi connectivity index (χ1) is 9.18. The van der Waals surface area contributed by atoms with E-state index in [9.17, 15) is 15.0 Å². The SMILES string of the molecule is O=C(Oc1ccccc1)[C@@H](O)[C@H](O)c1ccccc1. The second-order valence-corrected chi connectivity index (χ2v) is 4.03. The number of carbonyl (C=O) groups excluding carboxylic acids is 1. The third kappa shape index (κ3) is 3.40. The van der Waals surface area contributed by atoms with Crippen LogP contribution in [0.15, 0.2) is 60.7 Å². The van der Waals surface area contributed by atoms with Crippen LogP contribution in [-0.4, -0.2) is 22.3 Å². The number of benzene rings is 2. The summed E-state index contributed by atoms with van der Waals surface area (Å²) in [6.45, 7) is 0. The van der Waals surface area contributed by atoms with Gasteiger partial charge in [-0.05, 0) is 17.7 Å². The second kappa shape index (κ2) is 6.13. The average Bonchev–Trinajstić information content (AvgIpc) is 2.47. The van der Waals surface area contributed by atoms with Crippen molar-refractivity contribution < 1.29 is 19.7 Å². The van der Waals surface area contributed by atoms with Gasteiger partial charge >= 0.3 is 5.97 Å². The fourth-order valence-electron chi connectivity index (χ4n) is 1.63. The third-order valence-electron chi connectivity index (χ3n) is 2.64.